The molecule has 2 rings (SSSR count). The Kier molecular flexibility index (Phi) is 3.57. The van der Waals surface area contributed by atoms with Gasteiger partial charge in [-0.25, -0.2) is 0 Å². The maximum atomic E-state index is 11.9. The van der Waals surface area contributed by atoms with Gasteiger partial charge in [0, 0.05) is 17.3 Å². The fraction of sp³-hybridized carbons (Fsp3) is 0.429. The highest BCUT2D eigenvalue weighted by Crippen LogP contribution is 2.20. The molecule has 2 amide bonds. The summed E-state index contributed by atoms with van der Waals surface area (Å²) in [6, 6.07) is 7.16. The van der Waals surface area contributed by atoms with E-state index in [1.54, 1.807) is 38.1 Å². The van der Waals surface area contributed by atoms with Crippen molar-refractivity contribution in [3.63, 3.8) is 0 Å². The van der Waals surface area contributed by atoms with Gasteiger partial charge in [-0.15, -0.1) is 0 Å². The average molecular weight is 261 g/mol. The van der Waals surface area contributed by atoms with Crippen LogP contribution in [0.1, 0.15) is 37.0 Å². The van der Waals surface area contributed by atoms with Gasteiger partial charge in [-0.05, 0) is 44.9 Å². The van der Waals surface area contributed by atoms with Crippen LogP contribution in [-0.2, 0) is 4.79 Å². The first-order valence-electron chi connectivity index (χ1n) is 6.37. The molecule has 0 atom stereocenters. The molecule has 102 valence electrons. The molecule has 5 nitrogen and oxygen atoms in total. The number of carbonyl (C=O) groups excluding carboxylic acids is 2. The number of nitrogens with two attached hydrogens (primary N) is 1. The maximum Gasteiger partial charge on any atom is 0.251 e. The van der Waals surface area contributed by atoms with Gasteiger partial charge in [-0.1, -0.05) is 6.07 Å². The summed E-state index contributed by atoms with van der Waals surface area (Å²) in [5, 5.41) is 5.61. The van der Waals surface area contributed by atoms with Crippen LogP contribution in [0.2, 0.25) is 0 Å². The minimum absolute atomic E-state index is 0.106. The Morgan fingerprint density at radius 3 is 2.58 bits per heavy atom. The van der Waals surface area contributed by atoms with E-state index in [2.05, 4.69) is 10.6 Å². The Labute approximate surface area is 112 Å². The SMILES string of the molecule is CC(C)(N)C(=O)Nc1cccc(C(=O)NC2CC2)c1. The number of nitrogens with one attached hydrogen (secondary N) is 2. The van der Waals surface area contributed by atoms with Crippen molar-refractivity contribution in [2.45, 2.75) is 38.3 Å². The van der Waals surface area contributed by atoms with Crippen LogP contribution in [0.3, 0.4) is 0 Å². The van der Waals surface area contributed by atoms with Gasteiger partial charge in [0.25, 0.3) is 5.91 Å². The van der Waals surface area contributed by atoms with Gasteiger partial charge >= 0.3 is 0 Å². The number of benzene rings is 1. The van der Waals surface area contributed by atoms with Crippen molar-refractivity contribution in [3.05, 3.63) is 29.8 Å². The van der Waals surface area contributed by atoms with Crippen LogP contribution in [0.15, 0.2) is 24.3 Å². The van der Waals surface area contributed by atoms with Crippen molar-refractivity contribution in [2.24, 2.45) is 5.73 Å². The van der Waals surface area contributed by atoms with Crippen molar-refractivity contribution >= 4 is 17.5 Å². The quantitative estimate of drug-likeness (QED) is 0.762. The van der Waals surface area contributed by atoms with Gasteiger partial charge < -0.3 is 16.4 Å². The molecule has 0 spiro atoms. The lowest BCUT2D eigenvalue weighted by Gasteiger charge is -2.18. The molecule has 0 radical (unpaired) electrons. The standard InChI is InChI=1S/C14H19N3O2/c1-14(2,15)13(19)17-11-5-3-4-9(8-11)12(18)16-10-6-7-10/h3-5,8,10H,6-7,15H2,1-2H3,(H,16,18)(H,17,19). The van der Waals surface area contributed by atoms with Crippen LogP contribution in [0, 0.1) is 0 Å². The fourth-order valence-corrected chi connectivity index (χ4v) is 1.53. The molecule has 0 heterocycles. The van der Waals surface area contributed by atoms with Gasteiger partial charge in [-0.3, -0.25) is 9.59 Å². The van der Waals surface area contributed by atoms with Crippen LogP contribution in [0.5, 0.6) is 0 Å². The molecule has 4 N–H and O–H groups in total. The van der Waals surface area contributed by atoms with Crippen molar-refractivity contribution in [1.82, 2.24) is 5.32 Å². The minimum Gasteiger partial charge on any atom is -0.349 e. The third-order valence-electron chi connectivity index (χ3n) is 2.88. The van der Waals surface area contributed by atoms with Crippen molar-refractivity contribution in [1.29, 1.82) is 0 Å². The van der Waals surface area contributed by atoms with Crippen LogP contribution in [0.4, 0.5) is 5.69 Å². The van der Waals surface area contributed by atoms with Gasteiger partial charge in [0.05, 0.1) is 5.54 Å². The first-order valence-corrected chi connectivity index (χ1v) is 6.37. The van der Waals surface area contributed by atoms with E-state index in [0.29, 0.717) is 17.3 Å². The maximum absolute atomic E-state index is 11.9. The zero-order valence-electron chi connectivity index (χ0n) is 11.2. The second-order valence-corrected chi connectivity index (χ2v) is 5.50. The highest BCUT2D eigenvalue weighted by Gasteiger charge is 2.24. The Balaban J connectivity index is 2.06. The molecule has 0 aliphatic heterocycles. The van der Waals surface area contributed by atoms with Crippen LogP contribution in [0.25, 0.3) is 0 Å². The number of carbonyl (C=O) groups is 2. The molecule has 5 heteroatoms. The third kappa shape index (κ3) is 3.79. The van der Waals surface area contributed by atoms with E-state index in [9.17, 15) is 9.59 Å². The van der Waals surface area contributed by atoms with Crippen LogP contribution < -0.4 is 16.4 Å². The molecule has 0 bridgehead atoms. The second kappa shape index (κ2) is 5.01. The summed E-state index contributed by atoms with van der Waals surface area (Å²) in [7, 11) is 0. The van der Waals surface area contributed by atoms with Crippen LogP contribution in [-0.4, -0.2) is 23.4 Å². The normalized spacial score (nSPS) is 14.9. The molecule has 0 saturated heterocycles. The minimum atomic E-state index is -0.952. The molecule has 0 aromatic heterocycles. The van der Waals surface area contributed by atoms with E-state index in [0.717, 1.165) is 12.8 Å². The first-order chi connectivity index (χ1) is 8.86. The Hall–Kier alpha value is -1.88. The number of rotatable bonds is 4. The molecule has 1 aromatic carbocycles. The summed E-state index contributed by atoms with van der Waals surface area (Å²) < 4.78 is 0. The Morgan fingerprint density at radius 2 is 2.00 bits per heavy atom. The lowest BCUT2D eigenvalue weighted by Crippen LogP contribution is -2.45. The summed E-state index contributed by atoms with van der Waals surface area (Å²) in [6.07, 6.45) is 2.09. The predicted octanol–water partition coefficient (Wildman–Crippen LogP) is 1.25. The van der Waals surface area contributed by atoms with Crippen molar-refractivity contribution in [2.75, 3.05) is 5.32 Å². The molecule has 1 saturated carbocycles. The summed E-state index contributed by atoms with van der Waals surface area (Å²) in [4.78, 5) is 23.6. The lowest BCUT2D eigenvalue weighted by molar-refractivity contribution is -0.120. The summed E-state index contributed by atoms with van der Waals surface area (Å²) in [5.74, 6) is -0.391. The Morgan fingerprint density at radius 1 is 1.32 bits per heavy atom. The third-order valence-corrected chi connectivity index (χ3v) is 2.88. The van der Waals surface area contributed by atoms with Gasteiger partial charge in [-0.2, -0.15) is 0 Å². The molecule has 1 aromatic rings. The first kappa shape index (κ1) is 13.5. The van der Waals surface area contributed by atoms with Gasteiger partial charge in [0.1, 0.15) is 0 Å². The summed E-state index contributed by atoms with van der Waals surface area (Å²) in [5.41, 5.74) is 5.87. The zero-order chi connectivity index (χ0) is 14.0. The largest absolute Gasteiger partial charge is 0.349 e. The average Bonchev–Trinajstić information content (AvgIpc) is 3.12. The highest BCUT2D eigenvalue weighted by atomic mass is 16.2. The molecule has 1 fully saturated rings. The number of hydrogen-bond donors (Lipinski definition) is 3. The number of anilines is 1. The zero-order valence-corrected chi connectivity index (χ0v) is 11.2. The van der Waals surface area contributed by atoms with E-state index < -0.39 is 5.54 Å². The van der Waals surface area contributed by atoms with E-state index in [1.807, 2.05) is 0 Å². The van der Waals surface area contributed by atoms with Crippen LogP contribution >= 0.6 is 0 Å². The van der Waals surface area contributed by atoms with E-state index >= 15 is 0 Å². The predicted molar refractivity (Wildman–Crippen MR) is 73.8 cm³/mol. The molecular formula is C14H19N3O2. The van der Waals surface area contributed by atoms with Gasteiger partial charge in [0.15, 0.2) is 0 Å². The smallest absolute Gasteiger partial charge is 0.251 e. The molecule has 19 heavy (non-hydrogen) atoms. The number of hydrogen-bond acceptors (Lipinski definition) is 3. The van der Waals surface area contributed by atoms with E-state index in [1.165, 1.54) is 0 Å². The monoisotopic (exact) mass is 261 g/mol. The topological polar surface area (TPSA) is 84.2 Å². The van der Waals surface area contributed by atoms with Crippen molar-refractivity contribution < 1.29 is 9.59 Å². The fourth-order valence-electron chi connectivity index (χ4n) is 1.53. The second-order valence-electron chi connectivity index (χ2n) is 5.50. The highest BCUT2D eigenvalue weighted by molar-refractivity contribution is 5.99. The van der Waals surface area contributed by atoms with Gasteiger partial charge in [0.2, 0.25) is 5.91 Å². The molecule has 0 unspecified atom stereocenters. The van der Waals surface area contributed by atoms with E-state index in [-0.39, 0.29) is 11.8 Å². The summed E-state index contributed by atoms with van der Waals surface area (Å²) in [6.45, 7) is 3.26. The lowest BCUT2D eigenvalue weighted by atomic mass is 10.1. The summed E-state index contributed by atoms with van der Waals surface area (Å²) >= 11 is 0. The molecular weight excluding hydrogens is 242 g/mol. The number of amides is 2. The Bertz CT molecular complexity index is 502. The van der Waals surface area contributed by atoms with E-state index in [4.69, 9.17) is 5.73 Å². The van der Waals surface area contributed by atoms with Crippen molar-refractivity contribution in [3.8, 4) is 0 Å². The molecule has 1 aliphatic carbocycles. The molecule has 1 aliphatic rings.